The Morgan fingerprint density at radius 1 is 0.447 bits per heavy atom. The van der Waals surface area contributed by atoms with Crippen LogP contribution in [0, 0.1) is 0 Å². The molecule has 8 heteroatoms. The number of rotatable bonds is 27. The zero-order chi connectivity index (χ0) is 28.4. The molecule has 0 bridgehead atoms. The fraction of sp³-hybridized carbons (Fsp3) is 0.867. The van der Waals surface area contributed by atoms with Crippen LogP contribution in [0.4, 0.5) is 0 Å². The van der Waals surface area contributed by atoms with Gasteiger partial charge in [0, 0.05) is 25.9 Å². The van der Waals surface area contributed by atoms with Crippen LogP contribution in [0.2, 0.25) is 0 Å². The van der Waals surface area contributed by atoms with Gasteiger partial charge in [-0.3, -0.25) is 19.2 Å². The van der Waals surface area contributed by atoms with Crippen molar-refractivity contribution in [2.45, 2.75) is 142 Å². The van der Waals surface area contributed by atoms with Crippen molar-refractivity contribution >= 4 is 23.8 Å². The lowest BCUT2D eigenvalue weighted by molar-refractivity contribution is -0.147. The molecule has 0 saturated carbocycles. The second-order valence-corrected chi connectivity index (χ2v) is 10.6. The predicted molar refractivity (Wildman–Crippen MR) is 152 cm³/mol. The quantitative estimate of drug-likeness (QED) is 0.113. The summed E-state index contributed by atoms with van der Waals surface area (Å²) in [5.41, 5.74) is 0. The topological polar surface area (TPSA) is 115 Å². The summed E-state index contributed by atoms with van der Waals surface area (Å²) in [6, 6.07) is 0. The molecule has 0 unspecified atom stereocenters. The van der Waals surface area contributed by atoms with Crippen LogP contribution in [0.3, 0.4) is 0 Å². The normalized spacial score (nSPS) is 10.9. The van der Waals surface area contributed by atoms with Gasteiger partial charge < -0.3 is 20.0 Å². The number of carboxylic acid groups (broad SMARTS) is 2. The minimum atomic E-state index is -1.11. The van der Waals surface area contributed by atoms with E-state index in [2.05, 4.69) is 13.8 Å². The molecule has 2 N–H and O–H groups in total. The minimum absolute atomic E-state index is 0.0271. The molecular formula is C30H56N2O6. The molecule has 38 heavy (non-hydrogen) atoms. The molecule has 0 atom stereocenters. The Morgan fingerprint density at radius 2 is 0.711 bits per heavy atom. The third kappa shape index (κ3) is 21.9. The van der Waals surface area contributed by atoms with Crippen molar-refractivity contribution in [3.05, 3.63) is 0 Å². The summed E-state index contributed by atoms with van der Waals surface area (Å²) in [6.45, 7) is 3.57. The second-order valence-electron chi connectivity index (χ2n) is 10.6. The highest BCUT2D eigenvalue weighted by Gasteiger charge is 2.21. The molecule has 0 rings (SSSR count). The average molecular weight is 541 g/mol. The van der Waals surface area contributed by atoms with E-state index in [0.717, 1.165) is 38.5 Å². The first-order chi connectivity index (χ1) is 18.3. The van der Waals surface area contributed by atoms with Crippen LogP contribution < -0.4 is 0 Å². The Morgan fingerprint density at radius 3 is 0.974 bits per heavy atom. The van der Waals surface area contributed by atoms with E-state index in [9.17, 15) is 29.4 Å². The van der Waals surface area contributed by atoms with E-state index in [1.54, 1.807) is 0 Å². The molecule has 0 aromatic heterocycles. The molecular weight excluding hydrogens is 484 g/mol. The van der Waals surface area contributed by atoms with Crippen LogP contribution >= 0.6 is 0 Å². The molecule has 8 nitrogen and oxygen atoms in total. The smallest absolute Gasteiger partial charge is 0.323 e. The van der Waals surface area contributed by atoms with Crippen molar-refractivity contribution in [1.82, 2.24) is 9.80 Å². The van der Waals surface area contributed by atoms with E-state index in [4.69, 9.17) is 0 Å². The van der Waals surface area contributed by atoms with Gasteiger partial charge in [-0.05, 0) is 12.8 Å². The zero-order valence-corrected chi connectivity index (χ0v) is 24.4. The van der Waals surface area contributed by atoms with E-state index in [1.165, 1.54) is 74.0 Å². The minimum Gasteiger partial charge on any atom is -0.480 e. The Bertz CT molecular complexity index is 586. The van der Waals surface area contributed by atoms with Crippen molar-refractivity contribution in [2.24, 2.45) is 0 Å². The summed E-state index contributed by atoms with van der Waals surface area (Å²) in [5, 5.41) is 18.5. The third-order valence-electron chi connectivity index (χ3n) is 6.99. The molecule has 0 saturated heterocycles. The maximum absolute atomic E-state index is 12.7. The van der Waals surface area contributed by atoms with Crippen molar-refractivity contribution < 1.29 is 29.4 Å². The van der Waals surface area contributed by atoms with E-state index < -0.39 is 25.0 Å². The molecule has 0 radical (unpaired) electrons. The van der Waals surface area contributed by atoms with Gasteiger partial charge in [0.25, 0.3) is 0 Å². The van der Waals surface area contributed by atoms with Gasteiger partial charge in [0.05, 0.1) is 0 Å². The average Bonchev–Trinajstić information content (AvgIpc) is 2.87. The van der Waals surface area contributed by atoms with Crippen LogP contribution in [0.5, 0.6) is 0 Å². The fourth-order valence-corrected chi connectivity index (χ4v) is 4.64. The lowest BCUT2D eigenvalue weighted by Gasteiger charge is -2.26. The lowest BCUT2D eigenvalue weighted by atomic mass is 10.1. The molecule has 0 aromatic carbocycles. The maximum atomic E-state index is 12.7. The highest BCUT2D eigenvalue weighted by atomic mass is 16.4. The third-order valence-corrected chi connectivity index (χ3v) is 6.99. The van der Waals surface area contributed by atoms with Gasteiger partial charge in [0.2, 0.25) is 11.8 Å². The van der Waals surface area contributed by atoms with Gasteiger partial charge in [0.1, 0.15) is 13.1 Å². The van der Waals surface area contributed by atoms with E-state index in [0.29, 0.717) is 12.8 Å². The molecule has 0 aliphatic rings. The number of carbonyl (C=O) groups excluding carboxylic acids is 2. The molecule has 0 aliphatic carbocycles. The zero-order valence-electron chi connectivity index (χ0n) is 24.4. The Labute approximate surface area is 231 Å². The largest absolute Gasteiger partial charge is 0.480 e. The van der Waals surface area contributed by atoms with Crippen molar-refractivity contribution in [3.63, 3.8) is 0 Å². The summed E-state index contributed by atoms with van der Waals surface area (Å²) in [4.78, 5) is 50.5. The highest BCUT2D eigenvalue weighted by Crippen LogP contribution is 2.13. The van der Waals surface area contributed by atoms with Crippen LogP contribution in [-0.2, 0) is 19.2 Å². The van der Waals surface area contributed by atoms with Gasteiger partial charge in [-0.25, -0.2) is 0 Å². The number of hydrogen-bond donors (Lipinski definition) is 2. The summed E-state index contributed by atoms with van der Waals surface area (Å²) in [7, 11) is 0. The monoisotopic (exact) mass is 540 g/mol. The summed E-state index contributed by atoms with van der Waals surface area (Å²) < 4.78 is 0. The van der Waals surface area contributed by atoms with Crippen LogP contribution in [0.15, 0.2) is 0 Å². The van der Waals surface area contributed by atoms with E-state index in [-0.39, 0.29) is 37.7 Å². The summed E-state index contributed by atoms with van der Waals surface area (Å²) in [5.74, 6) is -2.73. The number of nitrogens with zero attached hydrogens (tertiary/aromatic N) is 2. The van der Waals surface area contributed by atoms with Crippen LogP contribution in [0.25, 0.3) is 0 Å². The first-order valence-electron chi connectivity index (χ1n) is 15.3. The number of hydrogen-bond acceptors (Lipinski definition) is 4. The summed E-state index contributed by atoms with van der Waals surface area (Å²) in [6.07, 6.45) is 20.8. The Hall–Kier alpha value is -2.12. The van der Waals surface area contributed by atoms with Gasteiger partial charge >= 0.3 is 11.9 Å². The second kappa shape index (κ2) is 25.2. The van der Waals surface area contributed by atoms with Crippen molar-refractivity contribution in [3.8, 4) is 0 Å². The van der Waals surface area contributed by atoms with Crippen LogP contribution in [0.1, 0.15) is 142 Å². The molecule has 0 fully saturated rings. The van der Waals surface area contributed by atoms with Crippen LogP contribution in [-0.4, -0.2) is 69.9 Å². The van der Waals surface area contributed by atoms with Gasteiger partial charge in [-0.15, -0.1) is 0 Å². The van der Waals surface area contributed by atoms with Gasteiger partial charge in [-0.1, -0.05) is 117 Å². The van der Waals surface area contributed by atoms with Gasteiger partial charge in [-0.2, -0.15) is 0 Å². The standard InChI is InChI=1S/C30H56N2O6/c1-3-5-7-9-11-13-15-17-19-21-27(33)31(25-29(35)36)23-24-32(26-30(37)38)28(34)22-20-18-16-14-12-10-8-6-4-2/h3-26H2,1-2H3,(H,35,36)(H,37,38). The molecule has 222 valence electrons. The Balaban J connectivity index is 4.45. The first-order valence-corrected chi connectivity index (χ1v) is 15.3. The number of carboxylic acids is 2. The molecule has 0 spiro atoms. The molecule has 0 heterocycles. The molecule has 0 aromatic rings. The Kier molecular flexibility index (Phi) is 23.8. The predicted octanol–water partition coefficient (Wildman–Crippen LogP) is 6.65. The maximum Gasteiger partial charge on any atom is 0.323 e. The van der Waals surface area contributed by atoms with Crippen molar-refractivity contribution in [1.29, 1.82) is 0 Å². The fourth-order valence-electron chi connectivity index (χ4n) is 4.64. The summed E-state index contributed by atoms with van der Waals surface area (Å²) >= 11 is 0. The lowest BCUT2D eigenvalue weighted by Crippen LogP contribution is -2.44. The van der Waals surface area contributed by atoms with E-state index >= 15 is 0 Å². The number of amides is 2. The van der Waals surface area contributed by atoms with Crippen molar-refractivity contribution in [2.75, 3.05) is 26.2 Å². The number of aliphatic carboxylic acids is 2. The molecule has 0 aliphatic heterocycles. The van der Waals surface area contributed by atoms with E-state index in [1.807, 2.05) is 0 Å². The SMILES string of the molecule is CCCCCCCCCCCC(=O)N(CCN(CC(=O)O)C(=O)CCCCCCCCCCC)CC(=O)O. The van der Waals surface area contributed by atoms with Gasteiger partial charge in [0.15, 0.2) is 0 Å². The molecule has 2 amide bonds. The first kappa shape index (κ1) is 35.9. The highest BCUT2D eigenvalue weighted by molar-refractivity contribution is 5.82. The number of unbranched alkanes of at least 4 members (excludes halogenated alkanes) is 16. The number of carbonyl (C=O) groups is 4.